The SMILES string of the molecule is Cc1cccc(C(=O)N2CC[C@]3(CC(C(=O)NCC4CC4)=NO3)C2)c1. The molecule has 6 nitrogen and oxygen atoms in total. The molecule has 2 heterocycles. The third kappa shape index (κ3) is 3.38. The topological polar surface area (TPSA) is 71.0 Å². The number of benzene rings is 1. The molecule has 1 atom stereocenters. The summed E-state index contributed by atoms with van der Waals surface area (Å²) in [5, 5.41) is 6.95. The molecule has 2 fully saturated rings. The van der Waals surface area contributed by atoms with Gasteiger partial charge in [0, 0.05) is 31.5 Å². The van der Waals surface area contributed by atoms with Crippen molar-refractivity contribution in [2.24, 2.45) is 11.1 Å². The number of hydrogen-bond acceptors (Lipinski definition) is 4. The zero-order chi connectivity index (χ0) is 17.4. The van der Waals surface area contributed by atoms with E-state index in [1.807, 2.05) is 31.2 Å². The number of aryl methyl sites for hydroxylation is 1. The molecule has 0 unspecified atom stereocenters. The van der Waals surface area contributed by atoms with Gasteiger partial charge >= 0.3 is 0 Å². The number of carbonyl (C=O) groups excluding carboxylic acids is 2. The van der Waals surface area contributed by atoms with E-state index in [0.29, 0.717) is 43.1 Å². The Hall–Kier alpha value is -2.37. The summed E-state index contributed by atoms with van der Waals surface area (Å²) in [5.41, 5.74) is 1.67. The molecule has 1 aliphatic carbocycles. The molecule has 2 amide bonds. The lowest BCUT2D eigenvalue weighted by molar-refractivity contribution is -0.115. The predicted molar refractivity (Wildman–Crippen MR) is 93.3 cm³/mol. The standard InChI is InChI=1S/C19H23N3O3/c1-13-3-2-4-15(9-13)18(24)22-8-7-19(12-22)10-16(21-25-19)17(23)20-11-14-5-6-14/h2-4,9,14H,5-8,10-12H2,1H3,(H,20,23)/t19-/m0/s1. The maximum Gasteiger partial charge on any atom is 0.269 e. The zero-order valence-electron chi connectivity index (χ0n) is 14.5. The molecule has 1 saturated heterocycles. The molecule has 2 aliphatic heterocycles. The average Bonchev–Trinajstić information content (AvgIpc) is 3.21. The lowest BCUT2D eigenvalue weighted by Crippen LogP contribution is -2.38. The summed E-state index contributed by atoms with van der Waals surface area (Å²) in [6.45, 7) is 3.80. The van der Waals surface area contributed by atoms with Crippen LogP contribution in [0.25, 0.3) is 0 Å². The Kier molecular flexibility index (Phi) is 3.98. The number of hydrogen-bond donors (Lipinski definition) is 1. The van der Waals surface area contributed by atoms with Crippen LogP contribution in [0.5, 0.6) is 0 Å². The summed E-state index contributed by atoms with van der Waals surface area (Å²) in [5.74, 6) is 0.512. The summed E-state index contributed by atoms with van der Waals surface area (Å²) in [4.78, 5) is 32.3. The number of oxime groups is 1. The van der Waals surface area contributed by atoms with Gasteiger partial charge in [-0.2, -0.15) is 0 Å². The molecule has 1 saturated carbocycles. The molecule has 0 aromatic heterocycles. The van der Waals surface area contributed by atoms with Crippen molar-refractivity contribution in [2.45, 2.75) is 38.2 Å². The smallest absolute Gasteiger partial charge is 0.269 e. The maximum absolute atomic E-state index is 12.7. The molecule has 3 aliphatic rings. The molecule has 132 valence electrons. The fourth-order valence-corrected chi connectivity index (χ4v) is 3.50. The van der Waals surface area contributed by atoms with E-state index in [4.69, 9.17) is 4.84 Å². The van der Waals surface area contributed by atoms with E-state index < -0.39 is 5.60 Å². The molecule has 6 heteroatoms. The van der Waals surface area contributed by atoms with Gasteiger partial charge in [-0.15, -0.1) is 0 Å². The normalized spacial score (nSPS) is 25.0. The molecule has 1 N–H and O–H groups in total. The molecule has 25 heavy (non-hydrogen) atoms. The van der Waals surface area contributed by atoms with Gasteiger partial charge in [-0.05, 0) is 37.8 Å². The van der Waals surface area contributed by atoms with Crippen molar-refractivity contribution in [3.63, 3.8) is 0 Å². The summed E-state index contributed by atoms with van der Waals surface area (Å²) < 4.78 is 0. The third-order valence-electron chi connectivity index (χ3n) is 5.22. The van der Waals surface area contributed by atoms with E-state index in [1.54, 1.807) is 4.90 Å². The highest BCUT2D eigenvalue weighted by Crippen LogP contribution is 2.34. The Balaban J connectivity index is 1.36. The van der Waals surface area contributed by atoms with Crippen LogP contribution in [0.4, 0.5) is 0 Å². The van der Waals surface area contributed by atoms with Crippen molar-refractivity contribution in [3.8, 4) is 0 Å². The highest BCUT2D eigenvalue weighted by molar-refractivity contribution is 6.39. The quantitative estimate of drug-likeness (QED) is 0.909. The second-order valence-electron chi connectivity index (χ2n) is 7.49. The summed E-state index contributed by atoms with van der Waals surface area (Å²) >= 11 is 0. The Morgan fingerprint density at radius 3 is 3.00 bits per heavy atom. The van der Waals surface area contributed by atoms with Crippen LogP contribution in [0.2, 0.25) is 0 Å². The lowest BCUT2D eigenvalue weighted by Gasteiger charge is -2.21. The van der Waals surface area contributed by atoms with Crippen LogP contribution < -0.4 is 5.32 Å². The molecule has 0 radical (unpaired) electrons. The van der Waals surface area contributed by atoms with Crippen LogP contribution in [0, 0.1) is 12.8 Å². The van der Waals surface area contributed by atoms with E-state index in [9.17, 15) is 9.59 Å². The van der Waals surface area contributed by atoms with Gasteiger partial charge in [0.05, 0.1) is 6.54 Å². The summed E-state index contributed by atoms with van der Waals surface area (Å²) in [7, 11) is 0. The first kappa shape index (κ1) is 16.1. The minimum absolute atomic E-state index is 0.0100. The Labute approximate surface area is 147 Å². The first-order chi connectivity index (χ1) is 12.0. The van der Waals surface area contributed by atoms with E-state index in [1.165, 1.54) is 12.8 Å². The van der Waals surface area contributed by atoms with Crippen molar-refractivity contribution >= 4 is 17.5 Å². The number of rotatable bonds is 4. The van der Waals surface area contributed by atoms with Crippen LogP contribution in [-0.4, -0.2) is 47.7 Å². The van der Waals surface area contributed by atoms with Gasteiger partial charge in [-0.25, -0.2) is 0 Å². The van der Waals surface area contributed by atoms with Crippen molar-refractivity contribution in [3.05, 3.63) is 35.4 Å². The summed E-state index contributed by atoms with van der Waals surface area (Å²) in [6.07, 6.45) is 3.57. The third-order valence-corrected chi connectivity index (χ3v) is 5.22. The van der Waals surface area contributed by atoms with Crippen LogP contribution in [0.3, 0.4) is 0 Å². The van der Waals surface area contributed by atoms with Crippen LogP contribution in [0.1, 0.15) is 41.6 Å². The lowest BCUT2D eigenvalue weighted by atomic mass is 9.96. The first-order valence-electron chi connectivity index (χ1n) is 8.94. The fraction of sp³-hybridized carbons (Fsp3) is 0.526. The Morgan fingerprint density at radius 1 is 1.40 bits per heavy atom. The maximum atomic E-state index is 12.7. The van der Waals surface area contributed by atoms with Crippen molar-refractivity contribution in [2.75, 3.05) is 19.6 Å². The van der Waals surface area contributed by atoms with Gasteiger partial charge in [0.1, 0.15) is 5.71 Å². The Bertz CT molecular complexity index is 741. The number of nitrogens with zero attached hydrogens (tertiary/aromatic N) is 2. The summed E-state index contributed by atoms with van der Waals surface area (Å²) in [6, 6.07) is 7.60. The molecule has 1 aromatic carbocycles. The molecule has 4 rings (SSSR count). The largest absolute Gasteiger partial charge is 0.386 e. The molecular weight excluding hydrogens is 318 g/mol. The number of carbonyl (C=O) groups is 2. The molecule has 1 aromatic rings. The van der Waals surface area contributed by atoms with Gasteiger partial charge in [0.15, 0.2) is 5.60 Å². The minimum Gasteiger partial charge on any atom is -0.386 e. The minimum atomic E-state index is -0.536. The van der Waals surface area contributed by atoms with Gasteiger partial charge < -0.3 is 15.1 Å². The van der Waals surface area contributed by atoms with Crippen molar-refractivity contribution in [1.29, 1.82) is 0 Å². The highest BCUT2D eigenvalue weighted by Gasteiger charge is 2.48. The average molecular weight is 341 g/mol. The highest BCUT2D eigenvalue weighted by atomic mass is 16.7. The number of nitrogens with one attached hydrogen (secondary N) is 1. The van der Waals surface area contributed by atoms with Gasteiger partial charge in [-0.3, -0.25) is 9.59 Å². The predicted octanol–water partition coefficient (Wildman–Crippen LogP) is 1.88. The van der Waals surface area contributed by atoms with Gasteiger partial charge in [-0.1, -0.05) is 22.9 Å². The second-order valence-corrected chi connectivity index (χ2v) is 7.49. The van der Waals surface area contributed by atoms with Gasteiger partial charge in [0.25, 0.3) is 11.8 Å². The van der Waals surface area contributed by atoms with Crippen molar-refractivity contribution < 1.29 is 14.4 Å². The van der Waals surface area contributed by atoms with E-state index >= 15 is 0 Å². The van der Waals surface area contributed by atoms with E-state index in [0.717, 1.165) is 12.1 Å². The first-order valence-corrected chi connectivity index (χ1v) is 8.94. The van der Waals surface area contributed by atoms with Crippen molar-refractivity contribution in [1.82, 2.24) is 10.2 Å². The monoisotopic (exact) mass is 341 g/mol. The van der Waals surface area contributed by atoms with Crippen LogP contribution >= 0.6 is 0 Å². The second kappa shape index (κ2) is 6.17. The van der Waals surface area contributed by atoms with E-state index in [2.05, 4.69) is 10.5 Å². The van der Waals surface area contributed by atoms with Crippen LogP contribution in [-0.2, 0) is 9.63 Å². The van der Waals surface area contributed by atoms with Gasteiger partial charge in [0.2, 0.25) is 0 Å². The molecule has 0 bridgehead atoms. The van der Waals surface area contributed by atoms with Crippen LogP contribution in [0.15, 0.2) is 29.4 Å². The number of likely N-dealkylation sites (tertiary alicyclic amines) is 1. The van der Waals surface area contributed by atoms with E-state index in [-0.39, 0.29) is 11.8 Å². The zero-order valence-corrected chi connectivity index (χ0v) is 14.5. The molecular formula is C19H23N3O3. The Morgan fingerprint density at radius 2 is 2.24 bits per heavy atom. The molecule has 1 spiro atoms. The fourth-order valence-electron chi connectivity index (χ4n) is 3.50. The number of amides is 2.